The molecule has 3 rings (SSSR count). The molecule has 0 N–H and O–H groups in total. The smallest absolute Gasteiger partial charge is 0.231 e. The summed E-state index contributed by atoms with van der Waals surface area (Å²) in [6.07, 6.45) is 2.57. The second-order valence-electron chi connectivity index (χ2n) is 5.01. The second-order valence-corrected chi connectivity index (χ2v) is 5.93. The van der Waals surface area contributed by atoms with Gasteiger partial charge in [-0.2, -0.15) is 0 Å². The molecule has 0 amide bonds. The predicted octanol–water partition coefficient (Wildman–Crippen LogP) is 5.39. The van der Waals surface area contributed by atoms with Crippen LogP contribution in [0.5, 0.6) is 0 Å². The summed E-state index contributed by atoms with van der Waals surface area (Å²) in [5, 5.41) is 2.26. The van der Waals surface area contributed by atoms with E-state index in [9.17, 15) is 4.79 Å². The van der Waals surface area contributed by atoms with Crippen molar-refractivity contribution in [1.82, 2.24) is 4.57 Å². The molecule has 3 aromatic rings. The molecular weight excluding hydrogens is 314 g/mol. The number of fused-ring (bicyclic) bond motifs is 3. The fraction of sp³-hybridized carbons (Fsp3) is 0.235. The monoisotopic (exact) mass is 329 g/mol. The highest BCUT2D eigenvalue weighted by Gasteiger charge is 2.15. The van der Waals surface area contributed by atoms with Gasteiger partial charge in [0.2, 0.25) is 5.91 Å². The van der Waals surface area contributed by atoms with E-state index in [1.54, 1.807) is 0 Å². The van der Waals surface area contributed by atoms with E-state index >= 15 is 0 Å². The average Bonchev–Trinajstić information content (AvgIpc) is 2.79. The number of nitrogens with zero attached hydrogens (tertiary/aromatic N) is 1. The van der Waals surface area contributed by atoms with Crippen molar-refractivity contribution in [1.29, 1.82) is 0 Å². The maximum absolute atomic E-state index is 12.5. The van der Waals surface area contributed by atoms with Crippen LogP contribution >= 0.6 is 15.9 Å². The molecule has 20 heavy (non-hydrogen) atoms. The zero-order valence-corrected chi connectivity index (χ0v) is 13.0. The van der Waals surface area contributed by atoms with Crippen molar-refractivity contribution in [3.8, 4) is 0 Å². The van der Waals surface area contributed by atoms with Crippen LogP contribution in [0.2, 0.25) is 0 Å². The summed E-state index contributed by atoms with van der Waals surface area (Å²) >= 11 is 3.51. The van der Waals surface area contributed by atoms with Crippen LogP contribution < -0.4 is 0 Å². The minimum Gasteiger partial charge on any atom is -0.280 e. The van der Waals surface area contributed by atoms with Crippen molar-refractivity contribution in [2.45, 2.75) is 26.2 Å². The van der Waals surface area contributed by atoms with Gasteiger partial charge in [-0.25, -0.2) is 0 Å². The van der Waals surface area contributed by atoms with Gasteiger partial charge in [0.15, 0.2) is 0 Å². The number of aromatic nitrogens is 1. The molecule has 0 radical (unpaired) electrons. The minimum atomic E-state index is 0.181. The molecule has 0 saturated heterocycles. The Labute approximate surface area is 126 Å². The average molecular weight is 330 g/mol. The van der Waals surface area contributed by atoms with Gasteiger partial charge in [-0.1, -0.05) is 47.5 Å². The predicted molar refractivity (Wildman–Crippen MR) is 87.3 cm³/mol. The largest absolute Gasteiger partial charge is 0.280 e. The lowest BCUT2D eigenvalue weighted by molar-refractivity contribution is 0.0910. The van der Waals surface area contributed by atoms with Crippen LogP contribution in [-0.4, -0.2) is 10.5 Å². The molecule has 0 aliphatic heterocycles. The Morgan fingerprint density at radius 3 is 2.65 bits per heavy atom. The molecule has 3 heteroatoms. The van der Waals surface area contributed by atoms with Crippen molar-refractivity contribution in [2.75, 3.05) is 0 Å². The molecule has 102 valence electrons. The molecule has 0 saturated carbocycles. The zero-order chi connectivity index (χ0) is 14.1. The Balaban J connectivity index is 2.29. The Kier molecular flexibility index (Phi) is 3.62. The van der Waals surface area contributed by atoms with Crippen molar-refractivity contribution >= 4 is 43.6 Å². The number of rotatable bonds is 3. The highest BCUT2D eigenvalue weighted by molar-refractivity contribution is 9.10. The van der Waals surface area contributed by atoms with Gasteiger partial charge in [0.05, 0.1) is 11.0 Å². The number of halogens is 1. The summed E-state index contributed by atoms with van der Waals surface area (Å²) in [7, 11) is 0. The Hall–Kier alpha value is -1.61. The van der Waals surface area contributed by atoms with Gasteiger partial charge in [0.1, 0.15) is 0 Å². The van der Waals surface area contributed by atoms with Gasteiger partial charge >= 0.3 is 0 Å². The maximum atomic E-state index is 12.5. The van der Waals surface area contributed by atoms with E-state index in [0.29, 0.717) is 6.42 Å². The summed E-state index contributed by atoms with van der Waals surface area (Å²) in [4.78, 5) is 12.5. The van der Waals surface area contributed by atoms with E-state index in [2.05, 4.69) is 35.0 Å². The van der Waals surface area contributed by atoms with Crippen LogP contribution in [-0.2, 0) is 0 Å². The van der Waals surface area contributed by atoms with Crippen LogP contribution in [0.3, 0.4) is 0 Å². The lowest BCUT2D eigenvalue weighted by Gasteiger charge is -2.05. The molecule has 0 aliphatic rings. The highest BCUT2D eigenvalue weighted by atomic mass is 79.9. The van der Waals surface area contributed by atoms with E-state index in [4.69, 9.17) is 0 Å². The molecule has 0 aliphatic carbocycles. The van der Waals surface area contributed by atoms with Gasteiger partial charge in [-0.3, -0.25) is 9.36 Å². The third-order valence-electron chi connectivity index (χ3n) is 3.63. The fourth-order valence-electron chi connectivity index (χ4n) is 2.65. The number of para-hydroxylation sites is 1. The second kappa shape index (κ2) is 5.41. The first-order valence-electron chi connectivity index (χ1n) is 6.94. The third kappa shape index (κ3) is 2.16. The number of carbonyl (C=O) groups excluding carboxylic acids is 1. The van der Waals surface area contributed by atoms with E-state index in [0.717, 1.165) is 39.1 Å². The number of hydrogen-bond acceptors (Lipinski definition) is 1. The molecule has 0 spiro atoms. The molecule has 0 fully saturated rings. The Morgan fingerprint density at radius 1 is 1.10 bits per heavy atom. The molecular formula is C17H16BrNO. The molecule has 0 atom stereocenters. The molecule has 2 aromatic carbocycles. The molecule has 0 unspecified atom stereocenters. The van der Waals surface area contributed by atoms with Crippen LogP contribution in [0.1, 0.15) is 31.0 Å². The summed E-state index contributed by atoms with van der Waals surface area (Å²) in [6, 6.07) is 14.2. The first-order valence-corrected chi connectivity index (χ1v) is 7.73. The van der Waals surface area contributed by atoms with Crippen LogP contribution in [0.25, 0.3) is 21.8 Å². The molecule has 1 aromatic heterocycles. The van der Waals surface area contributed by atoms with Gasteiger partial charge in [-0.05, 0) is 30.7 Å². The van der Waals surface area contributed by atoms with E-state index in [-0.39, 0.29) is 5.91 Å². The normalized spacial score (nSPS) is 11.3. The number of hydrogen-bond donors (Lipinski definition) is 0. The first kappa shape index (κ1) is 13.4. The van der Waals surface area contributed by atoms with Gasteiger partial charge in [-0.15, -0.1) is 0 Å². The van der Waals surface area contributed by atoms with Crippen LogP contribution in [0.15, 0.2) is 46.9 Å². The number of unbranched alkanes of at least 4 members (excludes halogenated alkanes) is 1. The lowest BCUT2D eigenvalue weighted by atomic mass is 10.2. The Bertz CT molecular complexity index is 788. The highest BCUT2D eigenvalue weighted by Crippen LogP contribution is 2.31. The minimum absolute atomic E-state index is 0.181. The van der Waals surface area contributed by atoms with Crippen molar-refractivity contribution in [3.05, 3.63) is 46.9 Å². The summed E-state index contributed by atoms with van der Waals surface area (Å²) < 4.78 is 2.90. The molecule has 0 bridgehead atoms. The van der Waals surface area contributed by atoms with Crippen LogP contribution in [0.4, 0.5) is 0 Å². The van der Waals surface area contributed by atoms with Gasteiger partial charge in [0.25, 0.3) is 0 Å². The Morgan fingerprint density at radius 2 is 1.85 bits per heavy atom. The van der Waals surface area contributed by atoms with E-state index < -0.39 is 0 Å². The molecule has 1 heterocycles. The zero-order valence-electron chi connectivity index (χ0n) is 11.4. The third-order valence-corrected chi connectivity index (χ3v) is 4.12. The number of carbonyl (C=O) groups is 1. The fourth-order valence-corrected chi connectivity index (χ4v) is 3.01. The summed E-state index contributed by atoms with van der Waals surface area (Å²) in [5.41, 5.74) is 2.00. The summed E-state index contributed by atoms with van der Waals surface area (Å²) in [6.45, 7) is 2.11. The van der Waals surface area contributed by atoms with Crippen molar-refractivity contribution < 1.29 is 4.79 Å². The first-order chi connectivity index (χ1) is 9.72. The van der Waals surface area contributed by atoms with E-state index in [1.807, 2.05) is 34.9 Å². The maximum Gasteiger partial charge on any atom is 0.231 e. The topological polar surface area (TPSA) is 22.0 Å². The van der Waals surface area contributed by atoms with Crippen molar-refractivity contribution in [2.24, 2.45) is 0 Å². The summed E-state index contributed by atoms with van der Waals surface area (Å²) in [5.74, 6) is 0.181. The molecule has 2 nitrogen and oxygen atoms in total. The lowest BCUT2D eigenvalue weighted by Crippen LogP contribution is -2.09. The van der Waals surface area contributed by atoms with E-state index in [1.165, 1.54) is 0 Å². The van der Waals surface area contributed by atoms with Crippen LogP contribution in [0, 0.1) is 0 Å². The quantitative estimate of drug-likeness (QED) is 0.631. The van der Waals surface area contributed by atoms with Gasteiger partial charge in [0, 0.05) is 21.7 Å². The number of benzene rings is 2. The SMILES string of the molecule is CCCCC(=O)n1c2ccccc2c2cc(Br)ccc21. The standard InChI is InChI=1S/C17H16BrNO/c1-2-3-8-17(20)19-15-7-5-4-6-13(15)14-11-12(18)9-10-16(14)19/h4-7,9-11H,2-3,8H2,1H3. The van der Waals surface area contributed by atoms with Crippen molar-refractivity contribution in [3.63, 3.8) is 0 Å². The van der Waals surface area contributed by atoms with Gasteiger partial charge < -0.3 is 0 Å².